The maximum Gasteiger partial charge on any atom is 0.133 e. The maximum absolute atomic E-state index is 13.3. The zero-order valence-corrected chi connectivity index (χ0v) is 12.6. The van der Waals surface area contributed by atoms with E-state index in [-0.39, 0.29) is 0 Å². The molecule has 1 unspecified atom stereocenters. The predicted octanol–water partition coefficient (Wildman–Crippen LogP) is 3.69. The molecule has 0 aliphatic rings. The fourth-order valence-corrected chi connectivity index (χ4v) is 2.44. The van der Waals surface area contributed by atoms with Crippen molar-refractivity contribution in [3.05, 3.63) is 57.8 Å². The van der Waals surface area contributed by atoms with Crippen molar-refractivity contribution in [1.29, 1.82) is 0 Å². The Morgan fingerprint density at radius 2 is 1.80 bits per heavy atom. The molecule has 0 radical (unpaired) electrons. The highest BCUT2D eigenvalue weighted by atomic mass is 79.9. The van der Waals surface area contributed by atoms with Crippen LogP contribution in [-0.2, 0) is 0 Å². The Bertz CT molecular complexity index is 616. The van der Waals surface area contributed by atoms with Crippen molar-refractivity contribution >= 4 is 15.9 Å². The van der Waals surface area contributed by atoms with Crippen LogP contribution < -0.4 is 9.47 Å². The largest absolute Gasteiger partial charge is 0.496 e. The summed E-state index contributed by atoms with van der Waals surface area (Å²) < 4.78 is 24.4. The lowest BCUT2D eigenvalue weighted by atomic mass is 10.0. The van der Waals surface area contributed by atoms with Gasteiger partial charge in [-0.25, -0.2) is 4.39 Å². The van der Waals surface area contributed by atoms with E-state index < -0.39 is 11.9 Å². The second-order valence-corrected chi connectivity index (χ2v) is 5.04. The number of ether oxygens (including phenoxy) is 2. The fourth-order valence-electron chi connectivity index (χ4n) is 1.95. The van der Waals surface area contributed by atoms with Crippen molar-refractivity contribution < 1.29 is 19.0 Å². The Morgan fingerprint density at radius 3 is 2.40 bits per heavy atom. The van der Waals surface area contributed by atoms with Crippen molar-refractivity contribution in [3.63, 3.8) is 0 Å². The highest BCUT2D eigenvalue weighted by molar-refractivity contribution is 9.10. The van der Waals surface area contributed by atoms with E-state index in [0.29, 0.717) is 27.1 Å². The molecule has 2 rings (SSSR count). The molecule has 0 bridgehead atoms. The van der Waals surface area contributed by atoms with Crippen LogP contribution in [0.15, 0.2) is 40.9 Å². The Kier molecular flexibility index (Phi) is 4.62. The highest BCUT2D eigenvalue weighted by Crippen LogP contribution is 2.37. The predicted molar refractivity (Wildman–Crippen MR) is 77.7 cm³/mol. The van der Waals surface area contributed by atoms with Crippen LogP contribution in [0.3, 0.4) is 0 Å². The standard InChI is InChI=1S/C15H14BrFO3/c1-19-13-8-12(16)14(20-2)7-11(13)15(18)9-4-3-5-10(17)6-9/h3-8,15,18H,1-2H3. The van der Waals surface area contributed by atoms with Gasteiger partial charge in [-0.05, 0) is 45.8 Å². The fraction of sp³-hybridized carbons (Fsp3) is 0.200. The van der Waals surface area contributed by atoms with E-state index in [0.717, 1.165) is 0 Å². The Hall–Kier alpha value is -1.59. The number of hydrogen-bond acceptors (Lipinski definition) is 3. The van der Waals surface area contributed by atoms with Gasteiger partial charge in [-0.15, -0.1) is 0 Å². The lowest BCUT2D eigenvalue weighted by molar-refractivity contribution is 0.213. The van der Waals surface area contributed by atoms with Crippen LogP contribution in [0.5, 0.6) is 11.5 Å². The summed E-state index contributed by atoms with van der Waals surface area (Å²) in [5, 5.41) is 10.4. The minimum Gasteiger partial charge on any atom is -0.496 e. The van der Waals surface area contributed by atoms with Gasteiger partial charge in [0.25, 0.3) is 0 Å². The van der Waals surface area contributed by atoms with Gasteiger partial charge in [0, 0.05) is 5.56 Å². The molecule has 2 aromatic rings. The second kappa shape index (κ2) is 6.24. The molecule has 2 aromatic carbocycles. The molecule has 0 aromatic heterocycles. The topological polar surface area (TPSA) is 38.7 Å². The molecular weight excluding hydrogens is 327 g/mol. The molecule has 0 saturated heterocycles. The minimum absolute atomic E-state index is 0.399. The highest BCUT2D eigenvalue weighted by Gasteiger charge is 2.18. The van der Waals surface area contributed by atoms with E-state index in [1.165, 1.54) is 26.4 Å². The van der Waals surface area contributed by atoms with Crippen LogP contribution in [0.1, 0.15) is 17.2 Å². The molecule has 1 atom stereocenters. The summed E-state index contributed by atoms with van der Waals surface area (Å²) in [7, 11) is 3.04. The first-order valence-corrected chi connectivity index (χ1v) is 6.71. The first-order valence-electron chi connectivity index (χ1n) is 5.91. The summed E-state index contributed by atoms with van der Waals surface area (Å²) in [5.41, 5.74) is 0.964. The van der Waals surface area contributed by atoms with Gasteiger partial charge in [0.05, 0.1) is 18.7 Å². The maximum atomic E-state index is 13.3. The average molecular weight is 341 g/mol. The normalized spacial score (nSPS) is 12.1. The third-order valence-corrected chi connectivity index (χ3v) is 3.58. The van der Waals surface area contributed by atoms with E-state index in [1.54, 1.807) is 24.3 Å². The SMILES string of the molecule is COc1cc(C(O)c2cccc(F)c2)c(OC)cc1Br. The number of hydrogen-bond donors (Lipinski definition) is 1. The van der Waals surface area contributed by atoms with Gasteiger partial charge in [0.1, 0.15) is 23.4 Å². The van der Waals surface area contributed by atoms with Gasteiger partial charge in [0.2, 0.25) is 0 Å². The number of rotatable bonds is 4. The zero-order chi connectivity index (χ0) is 14.7. The van der Waals surface area contributed by atoms with Crippen LogP contribution in [0, 0.1) is 5.82 Å². The molecule has 5 heteroatoms. The third-order valence-electron chi connectivity index (χ3n) is 2.96. The van der Waals surface area contributed by atoms with E-state index >= 15 is 0 Å². The first-order chi connectivity index (χ1) is 9.56. The summed E-state index contributed by atoms with van der Waals surface area (Å²) >= 11 is 3.35. The molecule has 3 nitrogen and oxygen atoms in total. The van der Waals surface area contributed by atoms with E-state index in [4.69, 9.17) is 9.47 Å². The summed E-state index contributed by atoms with van der Waals surface area (Å²) in [4.78, 5) is 0. The lowest BCUT2D eigenvalue weighted by Gasteiger charge is -2.17. The van der Waals surface area contributed by atoms with Gasteiger partial charge in [0.15, 0.2) is 0 Å². The van der Waals surface area contributed by atoms with Crippen molar-refractivity contribution in [2.75, 3.05) is 14.2 Å². The van der Waals surface area contributed by atoms with Crippen molar-refractivity contribution in [2.45, 2.75) is 6.10 Å². The van der Waals surface area contributed by atoms with Gasteiger partial charge >= 0.3 is 0 Å². The summed E-state index contributed by atoms with van der Waals surface area (Å²) in [5.74, 6) is 0.662. The number of aliphatic hydroxyl groups excluding tert-OH is 1. The van der Waals surface area contributed by atoms with E-state index in [9.17, 15) is 9.50 Å². The summed E-state index contributed by atoms with van der Waals surface area (Å²) in [6.45, 7) is 0. The molecule has 0 amide bonds. The molecule has 0 aliphatic carbocycles. The number of benzene rings is 2. The number of halogens is 2. The minimum atomic E-state index is -0.998. The van der Waals surface area contributed by atoms with Gasteiger partial charge < -0.3 is 14.6 Å². The average Bonchev–Trinajstić information content (AvgIpc) is 2.46. The molecule has 0 fully saturated rings. The van der Waals surface area contributed by atoms with Crippen molar-refractivity contribution in [2.24, 2.45) is 0 Å². The first kappa shape index (κ1) is 14.8. The molecule has 0 aliphatic heterocycles. The molecule has 1 N–H and O–H groups in total. The van der Waals surface area contributed by atoms with Gasteiger partial charge in [-0.3, -0.25) is 0 Å². The zero-order valence-electron chi connectivity index (χ0n) is 11.1. The Labute approximate surface area is 125 Å². The van der Waals surface area contributed by atoms with Crippen LogP contribution in [0.4, 0.5) is 4.39 Å². The van der Waals surface area contributed by atoms with Crippen LogP contribution in [0.2, 0.25) is 0 Å². The van der Waals surface area contributed by atoms with Crippen LogP contribution >= 0.6 is 15.9 Å². The second-order valence-electron chi connectivity index (χ2n) is 4.19. The Balaban J connectivity index is 2.50. The quantitative estimate of drug-likeness (QED) is 0.922. The number of methoxy groups -OCH3 is 2. The molecule has 106 valence electrons. The van der Waals surface area contributed by atoms with Crippen molar-refractivity contribution in [3.8, 4) is 11.5 Å². The lowest BCUT2D eigenvalue weighted by Crippen LogP contribution is -2.04. The molecule has 20 heavy (non-hydrogen) atoms. The molecule has 0 spiro atoms. The van der Waals surface area contributed by atoms with Gasteiger partial charge in [-0.1, -0.05) is 12.1 Å². The van der Waals surface area contributed by atoms with E-state index in [2.05, 4.69) is 15.9 Å². The van der Waals surface area contributed by atoms with Crippen molar-refractivity contribution in [1.82, 2.24) is 0 Å². The number of aliphatic hydroxyl groups is 1. The Morgan fingerprint density at radius 1 is 1.10 bits per heavy atom. The summed E-state index contributed by atoms with van der Waals surface area (Å²) in [6.07, 6.45) is -0.998. The monoisotopic (exact) mass is 340 g/mol. The molecular formula is C15H14BrFO3. The molecule has 0 heterocycles. The van der Waals surface area contributed by atoms with E-state index in [1.807, 2.05) is 0 Å². The summed E-state index contributed by atoms with van der Waals surface area (Å²) in [6, 6.07) is 9.20. The third kappa shape index (κ3) is 2.94. The van der Waals surface area contributed by atoms with Crippen LogP contribution in [-0.4, -0.2) is 19.3 Å². The molecule has 0 saturated carbocycles. The van der Waals surface area contributed by atoms with Gasteiger partial charge in [-0.2, -0.15) is 0 Å². The van der Waals surface area contributed by atoms with Crippen LogP contribution in [0.25, 0.3) is 0 Å². The smallest absolute Gasteiger partial charge is 0.133 e.